The molecule has 0 saturated heterocycles. The lowest BCUT2D eigenvalue weighted by atomic mass is 9.87. The number of H-pyrrole nitrogens is 1. The van der Waals surface area contributed by atoms with Gasteiger partial charge in [0.1, 0.15) is 5.82 Å². The second kappa shape index (κ2) is 8.91. The Balaban J connectivity index is 1.64. The molecule has 0 aliphatic carbocycles. The minimum atomic E-state index is -0.285. The van der Waals surface area contributed by atoms with Gasteiger partial charge in [0.2, 0.25) is 5.91 Å². The molecule has 2 N–H and O–H groups in total. The summed E-state index contributed by atoms with van der Waals surface area (Å²) in [5.41, 5.74) is 5.29. The number of carbonyl (C=O) groups is 1. The number of amides is 1. The summed E-state index contributed by atoms with van der Waals surface area (Å²) in [6.07, 6.45) is 6.60. The van der Waals surface area contributed by atoms with E-state index < -0.39 is 0 Å². The number of nitrogens with zero attached hydrogens (tertiary/aromatic N) is 1. The van der Waals surface area contributed by atoms with Crippen LogP contribution in [0.25, 0.3) is 10.9 Å². The largest absolute Gasteiger partial charge is 0.361 e. The molecule has 4 rings (SSSR count). The van der Waals surface area contributed by atoms with Gasteiger partial charge in [-0.25, -0.2) is 4.39 Å². The van der Waals surface area contributed by atoms with Gasteiger partial charge in [0.25, 0.3) is 0 Å². The van der Waals surface area contributed by atoms with Gasteiger partial charge in [-0.05, 0) is 52.9 Å². The summed E-state index contributed by atoms with van der Waals surface area (Å²) in [5.74, 6) is -0.516. The summed E-state index contributed by atoms with van der Waals surface area (Å²) in [4.78, 5) is 20.2. The van der Waals surface area contributed by atoms with Gasteiger partial charge >= 0.3 is 0 Å². The van der Waals surface area contributed by atoms with Crippen molar-refractivity contribution in [2.45, 2.75) is 32.2 Å². The molecule has 4 nitrogen and oxygen atoms in total. The summed E-state index contributed by atoms with van der Waals surface area (Å²) in [6, 6.07) is 16.4. The van der Waals surface area contributed by atoms with E-state index in [0.717, 1.165) is 34.0 Å². The average molecular weight is 401 g/mol. The number of aromatic amines is 1. The van der Waals surface area contributed by atoms with Gasteiger partial charge in [-0.1, -0.05) is 37.3 Å². The lowest BCUT2D eigenvalue weighted by Crippen LogP contribution is -2.25. The van der Waals surface area contributed by atoms with Crippen molar-refractivity contribution in [3.8, 4) is 0 Å². The predicted octanol–water partition coefficient (Wildman–Crippen LogP) is 5.10. The lowest BCUT2D eigenvalue weighted by Gasteiger charge is -2.17. The van der Waals surface area contributed by atoms with Crippen LogP contribution < -0.4 is 5.32 Å². The van der Waals surface area contributed by atoms with Crippen LogP contribution in [-0.4, -0.2) is 15.9 Å². The van der Waals surface area contributed by atoms with E-state index in [0.29, 0.717) is 6.54 Å². The standard InChI is InChI=1S/C25H24FN3O/c1-2-18-4-3-5-21-23(16-29-25(18)21)22(19-6-8-20(26)9-7-19)14-24(30)28-15-17-10-12-27-13-11-17/h3-13,16,22,29H,2,14-15H2,1H3,(H,28,30). The number of carbonyl (C=O) groups excluding carboxylic acids is 1. The molecular weight excluding hydrogens is 377 g/mol. The normalized spacial score (nSPS) is 12.1. The summed E-state index contributed by atoms with van der Waals surface area (Å²) in [6.45, 7) is 2.57. The lowest BCUT2D eigenvalue weighted by molar-refractivity contribution is -0.121. The predicted molar refractivity (Wildman–Crippen MR) is 117 cm³/mol. The molecule has 1 amide bonds. The van der Waals surface area contributed by atoms with Crippen molar-refractivity contribution < 1.29 is 9.18 Å². The number of nitrogens with one attached hydrogen (secondary N) is 2. The van der Waals surface area contributed by atoms with E-state index in [1.54, 1.807) is 24.5 Å². The topological polar surface area (TPSA) is 57.8 Å². The smallest absolute Gasteiger partial charge is 0.221 e. The Labute approximate surface area is 175 Å². The van der Waals surface area contributed by atoms with Crippen molar-refractivity contribution in [3.05, 3.63) is 101 Å². The molecule has 5 heteroatoms. The first-order valence-electron chi connectivity index (χ1n) is 10.2. The van der Waals surface area contributed by atoms with Crippen LogP contribution in [-0.2, 0) is 17.8 Å². The van der Waals surface area contributed by atoms with Crippen LogP contribution in [0.4, 0.5) is 4.39 Å². The van der Waals surface area contributed by atoms with Crippen molar-refractivity contribution in [2.75, 3.05) is 0 Å². The third-order valence-corrected chi connectivity index (χ3v) is 5.49. The zero-order chi connectivity index (χ0) is 20.9. The van der Waals surface area contributed by atoms with Crippen LogP contribution in [0.3, 0.4) is 0 Å². The fraction of sp³-hybridized carbons (Fsp3) is 0.200. The molecule has 2 aromatic carbocycles. The van der Waals surface area contributed by atoms with Gasteiger partial charge in [0.05, 0.1) is 0 Å². The maximum absolute atomic E-state index is 13.5. The number of benzene rings is 2. The summed E-state index contributed by atoms with van der Waals surface area (Å²) in [5, 5.41) is 4.09. The summed E-state index contributed by atoms with van der Waals surface area (Å²) in [7, 11) is 0. The van der Waals surface area contributed by atoms with Crippen molar-refractivity contribution in [1.82, 2.24) is 15.3 Å². The Kier molecular flexibility index (Phi) is 5.89. The van der Waals surface area contributed by atoms with E-state index in [4.69, 9.17) is 0 Å². The van der Waals surface area contributed by atoms with E-state index in [9.17, 15) is 9.18 Å². The maximum atomic E-state index is 13.5. The van der Waals surface area contributed by atoms with Gasteiger partial charge < -0.3 is 10.3 Å². The Morgan fingerprint density at radius 3 is 2.60 bits per heavy atom. The van der Waals surface area contributed by atoms with Crippen LogP contribution in [0.1, 0.15) is 41.5 Å². The van der Waals surface area contributed by atoms with Gasteiger partial charge in [0.15, 0.2) is 0 Å². The number of fused-ring (bicyclic) bond motifs is 1. The Bertz CT molecular complexity index is 1140. The number of rotatable bonds is 7. The van der Waals surface area contributed by atoms with Crippen LogP contribution in [0.5, 0.6) is 0 Å². The highest BCUT2D eigenvalue weighted by Crippen LogP contribution is 2.34. The SMILES string of the molecule is CCc1cccc2c(C(CC(=O)NCc3ccncc3)c3ccc(F)cc3)c[nH]c12. The van der Waals surface area contributed by atoms with Crippen LogP contribution in [0, 0.1) is 5.82 Å². The molecule has 0 saturated carbocycles. The van der Waals surface area contributed by atoms with E-state index >= 15 is 0 Å². The first-order chi connectivity index (χ1) is 14.7. The van der Waals surface area contributed by atoms with Gasteiger partial charge in [-0.15, -0.1) is 0 Å². The molecular formula is C25H24FN3O. The zero-order valence-electron chi connectivity index (χ0n) is 16.9. The molecule has 0 bridgehead atoms. The third-order valence-electron chi connectivity index (χ3n) is 5.49. The first kappa shape index (κ1) is 19.8. The summed E-state index contributed by atoms with van der Waals surface area (Å²) < 4.78 is 13.5. The molecule has 2 heterocycles. The van der Waals surface area contributed by atoms with Crippen molar-refractivity contribution >= 4 is 16.8 Å². The van der Waals surface area contributed by atoms with E-state index in [2.05, 4.69) is 34.3 Å². The van der Waals surface area contributed by atoms with Crippen molar-refractivity contribution in [1.29, 1.82) is 0 Å². The molecule has 2 aromatic heterocycles. The second-order valence-corrected chi connectivity index (χ2v) is 7.38. The highest BCUT2D eigenvalue weighted by molar-refractivity contribution is 5.88. The maximum Gasteiger partial charge on any atom is 0.221 e. The van der Waals surface area contributed by atoms with E-state index in [-0.39, 0.29) is 24.1 Å². The van der Waals surface area contributed by atoms with E-state index in [1.807, 2.05) is 24.4 Å². The highest BCUT2D eigenvalue weighted by Gasteiger charge is 2.22. The second-order valence-electron chi connectivity index (χ2n) is 7.38. The quantitative estimate of drug-likeness (QED) is 0.452. The first-order valence-corrected chi connectivity index (χ1v) is 10.2. The fourth-order valence-electron chi connectivity index (χ4n) is 3.88. The Hall–Kier alpha value is -3.47. The van der Waals surface area contributed by atoms with Crippen molar-refractivity contribution in [2.24, 2.45) is 0 Å². The molecule has 1 unspecified atom stereocenters. The molecule has 152 valence electrons. The highest BCUT2D eigenvalue weighted by atomic mass is 19.1. The molecule has 0 fully saturated rings. The Morgan fingerprint density at radius 2 is 1.87 bits per heavy atom. The zero-order valence-corrected chi connectivity index (χ0v) is 16.9. The molecule has 0 aliphatic heterocycles. The molecule has 0 aliphatic rings. The number of para-hydroxylation sites is 1. The molecule has 0 spiro atoms. The summed E-state index contributed by atoms with van der Waals surface area (Å²) >= 11 is 0. The van der Waals surface area contributed by atoms with Crippen LogP contribution in [0.2, 0.25) is 0 Å². The number of aromatic nitrogens is 2. The fourth-order valence-corrected chi connectivity index (χ4v) is 3.88. The third kappa shape index (κ3) is 4.25. The minimum Gasteiger partial charge on any atom is -0.361 e. The number of pyridine rings is 1. The minimum absolute atomic E-state index is 0.0536. The van der Waals surface area contributed by atoms with Crippen molar-refractivity contribution in [3.63, 3.8) is 0 Å². The molecule has 1 atom stereocenters. The molecule has 0 radical (unpaired) electrons. The van der Waals surface area contributed by atoms with Gasteiger partial charge in [-0.3, -0.25) is 9.78 Å². The molecule has 4 aromatic rings. The van der Waals surface area contributed by atoms with Gasteiger partial charge in [-0.2, -0.15) is 0 Å². The Morgan fingerprint density at radius 1 is 1.10 bits per heavy atom. The number of hydrogen-bond acceptors (Lipinski definition) is 2. The monoisotopic (exact) mass is 401 g/mol. The number of aryl methyl sites for hydroxylation is 1. The molecule has 30 heavy (non-hydrogen) atoms. The van der Waals surface area contributed by atoms with E-state index in [1.165, 1.54) is 17.7 Å². The number of halogens is 1. The van der Waals surface area contributed by atoms with Gasteiger partial charge in [0, 0.05) is 48.4 Å². The number of hydrogen-bond donors (Lipinski definition) is 2. The van der Waals surface area contributed by atoms with Crippen LogP contribution in [0.15, 0.2) is 73.2 Å². The van der Waals surface area contributed by atoms with Crippen LogP contribution >= 0.6 is 0 Å². The average Bonchev–Trinajstić information content (AvgIpc) is 3.21.